The van der Waals surface area contributed by atoms with Crippen LogP contribution in [0.2, 0.25) is 0 Å². The molecule has 74 valence electrons. The van der Waals surface area contributed by atoms with E-state index in [1.165, 1.54) is 17.6 Å². The molecule has 15 heavy (non-hydrogen) atoms. The van der Waals surface area contributed by atoms with E-state index in [-0.39, 0.29) is 0 Å². The van der Waals surface area contributed by atoms with E-state index < -0.39 is 0 Å². The largest absolute Gasteiger partial charge is 0.463 e. The van der Waals surface area contributed by atoms with E-state index in [0.717, 1.165) is 4.88 Å². The monoisotopic (exact) mass is 216 g/mol. The zero-order chi connectivity index (χ0) is 10.7. The van der Waals surface area contributed by atoms with Crippen LogP contribution in [0.25, 0.3) is 11.3 Å². The Balaban J connectivity index is 2.51. The highest BCUT2D eigenvalue weighted by molar-refractivity contribution is 7.11. The van der Waals surface area contributed by atoms with Gasteiger partial charge in [0.2, 0.25) is 0 Å². The smallest absolute Gasteiger partial charge is 0.150 e. The predicted molar refractivity (Wildman–Crippen MR) is 59.6 cm³/mol. The molecule has 3 nitrogen and oxygen atoms in total. The quantitative estimate of drug-likeness (QED) is 0.785. The highest BCUT2D eigenvalue weighted by Crippen LogP contribution is 2.25. The number of furan rings is 1. The molecule has 0 saturated carbocycles. The molecule has 0 saturated heterocycles. The normalized spacial score (nSPS) is 11.9. The average Bonchev–Trinajstić information content (AvgIpc) is 2.91. The Morgan fingerprint density at radius 2 is 2.27 bits per heavy atom. The number of hydrogen-bond donors (Lipinski definition) is 1. The minimum atomic E-state index is 0.380. The molecule has 2 rings (SSSR count). The third kappa shape index (κ3) is 1.78. The molecule has 0 spiro atoms. The van der Waals surface area contributed by atoms with Gasteiger partial charge < -0.3 is 10.2 Å². The molecule has 0 unspecified atom stereocenters. The Morgan fingerprint density at radius 3 is 2.80 bits per heavy atom. The van der Waals surface area contributed by atoms with Gasteiger partial charge >= 0.3 is 0 Å². The third-order valence-electron chi connectivity index (χ3n) is 1.94. The van der Waals surface area contributed by atoms with E-state index in [2.05, 4.69) is 6.07 Å². The average molecular weight is 216 g/mol. The van der Waals surface area contributed by atoms with Crippen molar-refractivity contribution < 1.29 is 4.42 Å². The van der Waals surface area contributed by atoms with E-state index in [1.807, 2.05) is 17.5 Å². The van der Waals surface area contributed by atoms with Crippen LogP contribution in [0, 0.1) is 11.3 Å². The van der Waals surface area contributed by atoms with Crippen LogP contribution in [-0.2, 0) is 0 Å². The Hall–Kier alpha value is -1.99. The first-order valence-corrected chi connectivity index (χ1v) is 5.18. The van der Waals surface area contributed by atoms with Crippen molar-refractivity contribution in [3.05, 3.63) is 46.5 Å². The van der Waals surface area contributed by atoms with Gasteiger partial charge in [0.05, 0.1) is 17.5 Å². The van der Waals surface area contributed by atoms with Gasteiger partial charge in [-0.1, -0.05) is 6.07 Å². The van der Waals surface area contributed by atoms with Gasteiger partial charge in [0.15, 0.2) is 5.76 Å². The number of hydrogen-bond acceptors (Lipinski definition) is 4. The zero-order valence-corrected chi connectivity index (χ0v) is 8.62. The van der Waals surface area contributed by atoms with Gasteiger partial charge in [-0.15, -0.1) is 11.3 Å². The maximum atomic E-state index is 9.04. The summed E-state index contributed by atoms with van der Waals surface area (Å²) in [5.41, 5.74) is 6.69. The predicted octanol–water partition coefficient (Wildman–Crippen LogP) is 2.69. The van der Waals surface area contributed by atoms with E-state index in [1.54, 1.807) is 12.1 Å². The number of nitriles is 1. The first kappa shape index (κ1) is 9.56. The summed E-state index contributed by atoms with van der Waals surface area (Å²) in [6.45, 7) is 0. The Bertz CT molecular complexity index is 503. The fourth-order valence-electron chi connectivity index (χ4n) is 1.22. The van der Waals surface area contributed by atoms with Gasteiger partial charge in [0, 0.05) is 4.88 Å². The molecule has 0 bridgehead atoms. The lowest BCUT2D eigenvalue weighted by atomic mass is 10.1. The van der Waals surface area contributed by atoms with Gasteiger partial charge in [-0.3, -0.25) is 0 Å². The summed E-state index contributed by atoms with van der Waals surface area (Å²) >= 11 is 1.48. The Morgan fingerprint density at radius 1 is 1.40 bits per heavy atom. The van der Waals surface area contributed by atoms with Crippen LogP contribution in [0.5, 0.6) is 0 Å². The molecule has 0 aliphatic heterocycles. The molecule has 2 aromatic rings. The molecule has 0 aliphatic rings. The van der Waals surface area contributed by atoms with Crippen LogP contribution in [-0.4, -0.2) is 0 Å². The van der Waals surface area contributed by atoms with Crippen molar-refractivity contribution in [3.63, 3.8) is 0 Å². The number of nitrogens with zero attached hydrogens (tertiary/aromatic N) is 1. The summed E-state index contributed by atoms with van der Waals surface area (Å²) in [5.74, 6) is 0.528. The number of nitrogens with two attached hydrogens (primary N) is 1. The van der Waals surface area contributed by atoms with Gasteiger partial charge in [0.25, 0.3) is 0 Å². The molecule has 2 aromatic heterocycles. The zero-order valence-electron chi connectivity index (χ0n) is 7.81. The van der Waals surface area contributed by atoms with E-state index in [0.29, 0.717) is 17.0 Å². The SMILES string of the molecule is N#C/C(=C(/N)c1ccco1)c1cccs1. The lowest BCUT2D eigenvalue weighted by Crippen LogP contribution is -1.98. The molecule has 0 aromatic carbocycles. The summed E-state index contributed by atoms with van der Waals surface area (Å²) in [6, 6.07) is 9.32. The molecule has 4 heteroatoms. The molecule has 0 radical (unpaired) electrons. The molecule has 0 aliphatic carbocycles. The van der Waals surface area contributed by atoms with Gasteiger partial charge in [-0.2, -0.15) is 5.26 Å². The summed E-state index contributed by atoms with van der Waals surface area (Å²) in [7, 11) is 0. The molecule has 0 atom stereocenters. The highest BCUT2D eigenvalue weighted by Gasteiger charge is 2.10. The fraction of sp³-hybridized carbons (Fsp3) is 0. The van der Waals surface area contributed by atoms with E-state index >= 15 is 0 Å². The van der Waals surface area contributed by atoms with Crippen LogP contribution in [0.1, 0.15) is 10.6 Å². The Kier molecular flexibility index (Phi) is 2.57. The van der Waals surface area contributed by atoms with E-state index in [4.69, 9.17) is 15.4 Å². The lowest BCUT2D eigenvalue weighted by Gasteiger charge is -1.99. The van der Waals surface area contributed by atoms with Gasteiger partial charge in [0.1, 0.15) is 6.07 Å². The fourth-order valence-corrected chi connectivity index (χ4v) is 1.96. The Labute approximate surface area is 91.1 Å². The second kappa shape index (κ2) is 4.03. The van der Waals surface area contributed by atoms with E-state index in [9.17, 15) is 0 Å². The summed E-state index contributed by atoms with van der Waals surface area (Å²) in [5, 5.41) is 10.9. The summed E-state index contributed by atoms with van der Waals surface area (Å²) in [4.78, 5) is 0.853. The van der Waals surface area contributed by atoms with Crippen molar-refractivity contribution in [2.45, 2.75) is 0 Å². The van der Waals surface area contributed by atoms with Crippen molar-refractivity contribution in [2.75, 3.05) is 0 Å². The van der Waals surface area contributed by atoms with Crippen LogP contribution >= 0.6 is 11.3 Å². The van der Waals surface area contributed by atoms with Crippen LogP contribution in [0.15, 0.2) is 40.3 Å². The minimum absolute atomic E-state index is 0.380. The second-order valence-electron chi connectivity index (χ2n) is 2.86. The number of rotatable bonds is 2. The molecular weight excluding hydrogens is 208 g/mol. The topological polar surface area (TPSA) is 63.0 Å². The van der Waals surface area contributed by atoms with Crippen molar-refractivity contribution in [2.24, 2.45) is 5.73 Å². The lowest BCUT2D eigenvalue weighted by molar-refractivity contribution is 0.552. The first-order chi connectivity index (χ1) is 7.33. The van der Waals surface area contributed by atoms with Gasteiger partial charge in [-0.25, -0.2) is 0 Å². The van der Waals surface area contributed by atoms with Gasteiger partial charge in [-0.05, 0) is 23.6 Å². The maximum Gasteiger partial charge on any atom is 0.150 e. The van der Waals surface area contributed by atoms with Crippen molar-refractivity contribution in [1.29, 1.82) is 5.26 Å². The minimum Gasteiger partial charge on any atom is -0.463 e. The molecule has 2 heterocycles. The molecule has 2 N–H and O–H groups in total. The summed E-state index contributed by atoms with van der Waals surface area (Å²) < 4.78 is 5.15. The number of allylic oxidation sites excluding steroid dienone is 1. The molecular formula is C11H8N2OS. The highest BCUT2D eigenvalue weighted by atomic mass is 32.1. The molecule has 0 fully saturated rings. The van der Waals surface area contributed by atoms with Crippen molar-refractivity contribution >= 4 is 22.6 Å². The van der Waals surface area contributed by atoms with Crippen LogP contribution < -0.4 is 5.73 Å². The number of thiophene rings is 1. The summed E-state index contributed by atoms with van der Waals surface area (Å²) in [6.07, 6.45) is 1.53. The standard InChI is InChI=1S/C11H8N2OS/c12-7-8(10-4-2-6-15-10)11(13)9-3-1-5-14-9/h1-6H,13H2/b11-8-. The van der Waals surface area contributed by atoms with Crippen LogP contribution in [0.4, 0.5) is 0 Å². The molecule has 0 amide bonds. The third-order valence-corrected chi connectivity index (χ3v) is 2.82. The van der Waals surface area contributed by atoms with Crippen molar-refractivity contribution in [3.8, 4) is 6.07 Å². The van der Waals surface area contributed by atoms with Crippen LogP contribution in [0.3, 0.4) is 0 Å². The van der Waals surface area contributed by atoms with Crippen molar-refractivity contribution in [1.82, 2.24) is 0 Å². The maximum absolute atomic E-state index is 9.04. The first-order valence-electron chi connectivity index (χ1n) is 4.30. The second-order valence-corrected chi connectivity index (χ2v) is 3.80.